The van der Waals surface area contributed by atoms with Gasteiger partial charge in [0.2, 0.25) is 0 Å². The minimum atomic E-state index is -0.674. The molecule has 2 rings (SSSR count). The number of ether oxygens (including phenoxy) is 1. The van der Waals surface area contributed by atoms with Crippen LogP contribution < -0.4 is 0 Å². The number of thiazole rings is 1. The monoisotopic (exact) mass is 197 g/mol. The fourth-order valence-corrected chi connectivity index (χ4v) is 1.91. The fraction of sp³-hybridized carbons (Fsp3) is 0.444. The smallest absolute Gasteiger partial charge is 0.153 e. The highest BCUT2D eigenvalue weighted by molar-refractivity contribution is 7.09. The number of nitrogens with zero attached hydrogens (tertiary/aromatic N) is 1. The molecule has 0 saturated heterocycles. The van der Waals surface area contributed by atoms with Gasteiger partial charge in [-0.2, -0.15) is 0 Å². The second kappa shape index (κ2) is 3.47. The van der Waals surface area contributed by atoms with Crippen molar-refractivity contribution in [3.8, 4) is 0 Å². The van der Waals surface area contributed by atoms with Crippen molar-refractivity contribution < 1.29 is 9.84 Å². The lowest BCUT2D eigenvalue weighted by Gasteiger charge is -2.08. The second-order valence-corrected chi connectivity index (χ2v) is 4.00. The Hall–Kier alpha value is -0.870. The Bertz CT molecular complexity index is 332. The van der Waals surface area contributed by atoms with E-state index in [1.807, 2.05) is 18.4 Å². The summed E-state index contributed by atoms with van der Waals surface area (Å²) in [6, 6.07) is 0. The number of aliphatic hydroxyl groups excluding tert-OH is 1. The molecule has 1 unspecified atom stereocenters. The molecule has 1 aromatic rings. The van der Waals surface area contributed by atoms with Crippen molar-refractivity contribution in [2.24, 2.45) is 0 Å². The Balaban J connectivity index is 2.16. The highest BCUT2D eigenvalue weighted by Gasteiger charge is 2.19. The van der Waals surface area contributed by atoms with Gasteiger partial charge in [0.05, 0.1) is 17.3 Å². The molecule has 0 aromatic carbocycles. The van der Waals surface area contributed by atoms with Gasteiger partial charge in [-0.3, -0.25) is 0 Å². The summed E-state index contributed by atoms with van der Waals surface area (Å²) in [5.74, 6) is 0.644. The predicted molar refractivity (Wildman–Crippen MR) is 50.5 cm³/mol. The Morgan fingerprint density at radius 3 is 3.08 bits per heavy atom. The van der Waals surface area contributed by atoms with Crippen LogP contribution in [0.3, 0.4) is 0 Å². The zero-order valence-corrected chi connectivity index (χ0v) is 8.17. The fourth-order valence-electron chi connectivity index (χ4n) is 1.28. The van der Waals surface area contributed by atoms with E-state index in [0.29, 0.717) is 18.1 Å². The summed E-state index contributed by atoms with van der Waals surface area (Å²) in [6.07, 6.45) is 2.13. The number of aromatic nitrogens is 1. The van der Waals surface area contributed by atoms with Crippen molar-refractivity contribution in [2.75, 3.05) is 6.61 Å². The third-order valence-electron chi connectivity index (χ3n) is 1.92. The second-order valence-electron chi connectivity index (χ2n) is 2.94. The van der Waals surface area contributed by atoms with Gasteiger partial charge in [-0.1, -0.05) is 0 Å². The van der Waals surface area contributed by atoms with Crippen LogP contribution in [0.25, 0.3) is 0 Å². The molecule has 4 heteroatoms. The van der Waals surface area contributed by atoms with Gasteiger partial charge in [-0.05, 0) is 13.0 Å². The quantitative estimate of drug-likeness (QED) is 0.786. The van der Waals surface area contributed by atoms with E-state index in [9.17, 15) is 5.11 Å². The summed E-state index contributed by atoms with van der Waals surface area (Å²) < 4.78 is 5.25. The van der Waals surface area contributed by atoms with E-state index in [1.165, 1.54) is 11.3 Å². The lowest BCUT2D eigenvalue weighted by molar-refractivity contribution is 0.116. The van der Waals surface area contributed by atoms with Gasteiger partial charge >= 0.3 is 0 Å². The summed E-state index contributed by atoms with van der Waals surface area (Å²) in [6.45, 7) is 2.60. The van der Waals surface area contributed by atoms with Crippen LogP contribution in [0.1, 0.15) is 23.2 Å². The van der Waals surface area contributed by atoms with E-state index in [-0.39, 0.29) is 0 Å². The minimum Gasteiger partial charge on any atom is -0.495 e. The summed E-state index contributed by atoms with van der Waals surface area (Å²) in [5.41, 5.74) is 0.690. The van der Waals surface area contributed by atoms with E-state index in [1.54, 1.807) is 0 Å². The van der Waals surface area contributed by atoms with Crippen molar-refractivity contribution in [1.29, 1.82) is 0 Å². The number of rotatable bonds is 2. The number of hydrogen-bond donors (Lipinski definition) is 1. The largest absolute Gasteiger partial charge is 0.495 e. The van der Waals surface area contributed by atoms with E-state index in [4.69, 9.17) is 4.74 Å². The summed E-state index contributed by atoms with van der Waals surface area (Å²) in [7, 11) is 0. The Morgan fingerprint density at radius 1 is 1.69 bits per heavy atom. The van der Waals surface area contributed by atoms with E-state index < -0.39 is 6.10 Å². The lowest BCUT2D eigenvalue weighted by Crippen LogP contribution is -2.02. The molecule has 3 nitrogen and oxygen atoms in total. The molecule has 1 atom stereocenters. The van der Waals surface area contributed by atoms with Crippen LogP contribution in [0, 0.1) is 6.92 Å². The van der Waals surface area contributed by atoms with Gasteiger partial charge in [0, 0.05) is 11.8 Å². The third-order valence-corrected chi connectivity index (χ3v) is 2.71. The molecule has 2 heterocycles. The molecule has 0 amide bonds. The Morgan fingerprint density at radius 2 is 2.54 bits per heavy atom. The molecular weight excluding hydrogens is 186 g/mol. The SMILES string of the molecule is Cc1nc(C(O)C2=CCCO2)cs1. The summed E-state index contributed by atoms with van der Waals surface area (Å²) in [4.78, 5) is 4.20. The van der Waals surface area contributed by atoms with Crippen molar-refractivity contribution >= 4 is 11.3 Å². The zero-order chi connectivity index (χ0) is 9.26. The van der Waals surface area contributed by atoms with Crippen LogP contribution in [0.4, 0.5) is 0 Å². The van der Waals surface area contributed by atoms with Gasteiger partial charge in [0.25, 0.3) is 0 Å². The van der Waals surface area contributed by atoms with Crippen LogP contribution in [0.2, 0.25) is 0 Å². The van der Waals surface area contributed by atoms with Crippen LogP contribution in [-0.4, -0.2) is 16.7 Å². The Labute approximate surface area is 80.7 Å². The highest BCUT2D eigenvalue weighted by atomic mass is 32.1. The molecule has 70 valence electrons. The molecular formula is C9H11NO2S. The maximum absolute atomic E-state index is 9.78. The zero-order valence-electron chi connectivity index (χ0n) is 7.36. The lowest BCUT2D eigenvalue weighted by atomic mass is 10.2. The molecule has 0 fully saturated rings. The average molecular weight is 197 g/mol. The number of aliphatic hydroxyl groups is 1. The van der Waals surface area contributed by atoms with Gasteiger partial charge in [-0.15, -0.1) is 11.3 Å². The van der Waals surface area contributed by atoms with E-state index >= 15 is 0 Å². The topological polar surface area (TPSA) is 42.4 Å². The van der Waals surface area contributed by atoms with Crippen LogP contribution >= 0.6 is 11.3 Å². The molecule has 1 aromatic heterocycles. The van der Waals surface area contributed by atoms with Crippen molar-refractivity contribution in [1.82, 2.24) is 4.98 Å². The molecule has 1 aliphatic heterocycles. The molecule has 0 radical (unpaired) electrons. The number of hydrogen-bond acceptors (Lipinski definition) is 4. The van der Waals surface area contributed by atoms with Crippen molar-refractivity contribution in [3.05, 3.63) is 27.9 Å². The molecule has 0 aliphatic carbocycles. The summed E-state index contributed by atoms with van der Waals surface area (Å²) >= 11 is 1.54. The normalized spacial score (nSPS) is 18.2. The van der Waals surface area contributed by atoms with Gasteiger partial charge in [0.15, 0.2) is 6.10 Å². The first kappa shape index (κ1) is 8.72. The first-order valence-corrected chi connectivity index (χ1v) is 5.08. The van der Waals surface area contributed by atoms with Crippen LogP contribution in [0.15, 0.2) is 17.2 Å². The third kappa shape index (κ3) is 1.73. The maximum atomic E-state index is 9.78. The van der Waals surface area contributed by atoms with Crippen molar-refractivity contribution in [3.63, 3.8) is 0 Å². The van der Waals surface area contributed by atoms with Crippen LogP contribution in [-0.2, 0) is 4.74 Å². The standard InChI is InChI=1S/C9H11NO2S/c1-6-10-7(5-13-6)9(11)8-3-2-4-12-8/h3,5,9,11H,2,4H2,1H3. The van der Waals surface area contributed by atoms with Gasteiger partial charge in [0.1, 0.15) is 5.76 Å². The molecule has 1 aliphatic rings. The Kier molecular flexibility index (Phi) is 2.33. The predicted octanol–water partition coefficient (Wildman–Crippen LogP) is 1.79. The van der Waals surface area contributed by atoms with Gasteiger partial charge in [-0.25, -0.2) is 4.98 Å². The first-order chi connectivity index (χ1) is 6.27. The molecule has 1 N–H and O–H groups in total. The minimum absolute atomic E-state index is 0.644. The van der Waals surface area contributed by atoms with Crippen LogP contribution in [0.5, 0.6) is 0 Å². The van der Waals surface area contributed by atoms with Crippen molar-refractivity contribution in [2.45, 2.75) is 19.4 Å². The molecule has 0 bridgehead atoms. The molecule has 0 spiro atoms. The number of aryl methyl sites for hydroxylation is 1. The average Bonchev–Trinajstić information content (AvgIpc) is 2.72. The van der Waals surface area contributed by atoms with E-state index in [0.717, 1.165) is 11.4 Å². The molecule has 13 heavy (non-hydrogen) atoms. The summed E-state index contributed by atoms with van der Waals surface area (Å²) in [5, 5.41) is 12.6. The first-order valence-electron chi connectivity index (χ1n) is 4.20. The highest BCUT2D eigenvalue weighted by Crippen LogP contribution is 2.26. The maximum Gasteiger partial charge on any atom is 0.153 e. The van der Waals surface area contributed by atoms with E-state index in [2.05, 4.69) is 4.98 Å². The van der Waals surface area contributed by atoms with Gasteiger partial charge < -0.3 is 9.84 Å². The molecule has 0 saturated carbocycles.